The number of nitrogen functional groups attached to an aromatic ring is 1. The third-order valence-corrected chi connectivity index (χ3v) is 3.46. The van der Waals surface area contributed by atoms with Crippen molar-refractivity contribution in [1.29, 1.82) is 0 Å². The second-order valence-electron chi connectivity index (χ2n) is 5.46. The van der Waals surface area contributed by atoms with Gasteiger partial charge < -0.3 is 16.0 Å². The molecule has 0 aromatic carbocycles. The number of hydrogen-bond acceptors (Lipinski definition) is 5. The zero-order valence-corrected chi connectivity index (χ0v) is 11.5. The number of nitrogens with two attached hydrogens (primary N) is 1. The number of hydrogen-bond donors (Lipinski definition) is 2. The molecule has 0 unspecified atom stereocenters. The molecule has 1 aliphatic rings. The summed E-state index contributed by atoms with van der Waals surface area (Å²) in [5.41, 5.74) is 5.95. The lowest BCUT2D eigenvalue weighted by molar-refractivity contribution is 0.514. The summed E-state index contributed by atoms with van der Waals surface area (Å²) in [6.07, 6.45) is 3.46. The average molecular weight is 249 g/mol. The van der Waals surface area contributed by atoms with Crippen LogP contribution in [0, 0.1) is 0 Å². The van der Waals surface area contributed by atoms with Crippen molar-refractivity contribution in [2.24, 2.45) is 0 Å². The van der Waals surface area contributed by atoms with Crippen LogP contribution in [0.1, 0.15) is 40.0 Å². The number of rotatable bonds is 4. The molecule has 0 aliphatic carbocycles. The zero-order chi connectivity index (χ0) is 13.2. The Balaban J connectivity index is 2.24. The predicted molar refractivity (Wildman–Crippen MR) is 75.9 cm³/mol. The maximum atomic E-state index is 5.80. The van der Waals surface area contributed by atoms with Crippen LogP contribution in [0.3, 0.4) is 0 Å². The summed E-state index contributed by atoms with van der Waals surface area (Å²) in [6.45, 7) is 8.56. The molecule has 0 spiro atoms. The van der Waals surface area contributed by atoms with Crippen molar-refractivity contribution in [3.05, 3.63) is 6.07 Å². The van der Waals surface area contributed by atoms with Crippen molar-refractivity contribution in [2.75, 3.05) is 29.0 Å². The molecule has 1 aromatic rings. The molecule has 1 aliphatic heterocycles. The van der Waals surface area contributed by atoms with Crippen LogP contribution in [-0.4, -0.2) is 28.6 Å². The highest BCUT2D eigenvalue weighted by atomic mass is 15.3. The van der Waals surface area contributed by atoms with Crippen LogP contribution in [0.15, 0.2) is 6.07 Å². The quantitative estimate of drug-likeness (QED) is 0.856. The molecule has 0 atom stereocenters. The highest BCUT2D eigenvalue weighted by Crippen LogP contribution is 2.33. The smallest absolute Gasteiger partial charge is 0.223 e. The van der Waals surface area contributed by atoms with E-state index >= 15 is 0 Å². The number of anilines is 3. The Kier molecular flexibility index (Phi) is 3.59. The first-order valence-electron chi connectivity index (χ1n) is 6.69. The molecule has 3 N–H and O–H groups in total. The lowest BCUT2D eigenvalue weighted by Crippen LogP contribution is -2.38. The fraction of sp³-hybridized carbons (Fsp3) is 0.692. The topological polar surface area (TPSA) is 67.1 Å². The van der Waals surface area contributed by atoms with E-state index in [4.69, 9.17) is 5.73 Å². The fourth-order valence-electron chi connectivity index (χ4n) is 2.47. The summed E-state index contributed by atoms with van der Waals surface area (Å²) in [6, 6.07) is 2.00. The molecule has 5 heteroatoms. The molecule has 0 amide bonds. The molecular formula is C13H23N5. The van der Waals surface area contributed by atoms with Crippen LogP contribution >= 0.6 is 0 Å². The molecule has 1 aromatic heterocycles. The Morgan fingerprint density at radius 3 is 2.83 bits per heavy atom. The molecule has 0 radical (unpaired) electrons. The summed E-state index contributed by atoms with van der Waals surface area (Å²) in [4.78, 5) is 10.9. The van der Waals surface area contributed by atoms with Gasteiger partial charge in [0.15, 0.2) is 0 Å². The van der Waals surface area contributed by atoms with Gasteiger partial charge in [0.2, 0.25) is 5.95 Å². The summed E-state index contributed by atoms with van der Waals surface area (Å²) < 4.78 is 0. The van der Waals surface area contributed by atoms with Gasteiger partial charge in [-0.3, -0.25) is 0 Å². The Labute approximate surface area is 109 Å². The minimum Gasteiger partial charge on any atom is -0.370 e. The first-order valence-corrected chi connectivity index (χ1v) is 6.69. The molecule has 5 nitrogen and oxygen atoms in total. The van der Waals surface area contributed by atoms with Gasteiger partial charge in [-0.15, -0.1) is 0 Å². The third kappa shape index (κ3) is 2.66. The molecule has 2 heterocycles. The summed E-state index contributed by atoms with van der Waals surface area (Å²) >= 11 is 0. The summed E-state index contributed by atoms with van der Waals surface area (Å²) in [5.74, 6) is 2.10. The summed E-state index contributed by atoms with van der Waals surface area (Å²) in [7, 11) is 0. The van der Waals surface area contributed by atoms with E-state index in [0.717, 1.165) is 31.1 Å². The highest BCUT2D eigenvalue weighted by molar-refractivity contribution is 5.54. The van der Waals surface area contributed by atoms with Crippen molar-refractivity contribution in [2.45, 2.75) is 45.6 Å². The van der Waals surface area contributed by atoms with E-state index in [1.54, 1.807) is 0 Å². The van der Waals surface area contributed by atoms with Gasteiger partial charge in [0.25, 0.3) is 0 Å². The average Bonchev–Trinajstić information content (AvgIpc) is 2.65. The second kappa shape index (κ2) is 5.00. The summed E-state index contributed by atoms with van der Waals surface area (Å²) in [5, 5.41) is 3.27. The van der Waals surface area contributed by atoms with Gasteiger partial charge in [0.05, 0.1) is 0 Å². The van der Waals surface area contributed by atoms with Crippen LogP contribution < -0.4 is 16.0 Å². The molecule has 100 valence electrons. The number of nitrogens with one attached hydrogen (secondary N) is 1. The van der Waals surface area contributed by atoms with E-state index in [2.05, 4.69) is 41.0 Å². The molecule has 2 rings (SSSR count). The van der Waals surface area contributed by atoms with Gasteiger partial charge in [-0.05, 0) is 33.1 Å². The van der Waals surface area contributed by atoms with Gasteiger partial charge in [0, 0.05) is 24.7 Å². The van der Waals surface area contributed by atoms with Crippen LogP contribution in [0.25, 0.3) is 0 Å². The van der Waals surface area contributed by atoms with Crippen LogP contribution in [-0.2, 0) is 0 Å². The second-order valence-corrected chi connectivity index (χ2v) is 5.46. The van der Waals surface area contributed by atoms with E-state index in [-0.39, 0.29) is 5.54 Å². The highest BCUT2D eigenvalue weighted by Gasteiger charge is 2.33. The van der Waals surface area contributed by atoms with Gasteiger partial charge in [-0.25, -0.2) is 0 Å². The van der Waals surface area contributed by atoms with E-state index in [1.165, 1.54) is 12.8 Å². The molecule has 0 saturated carbocycles. The zero-order valence-electron chi connectivity index (χ0n) is 11.5. The Hall–Kier alpha value is -1.52. The minimum atomic E-state index is 0.156. The standard InChI is InChI=1S/C13H23N5/c1-4-7-15-10-9-11(17-12(14)16-10)18-8-5-6-13(18,2)3/h9H,4-8H2,1-3H3,(H3,14,15,16,17). The SMILES string of the molecule is CCCNc1cc(N2CCCC2(C)C)nc(N)n1. The van der Waals surface area contributed by atoms with E-state index in [1.807, 2.05) is 6.07 Å². The first kappa shape index (κ1) is 12.9. The van der Waals surface area contributed by atoms with Crippen molar-refractivity contribution >= 4 is 17.6 Å². The van der Waals surface area contributed by atoms with Crippen LogP contribution in [0.5, 0.6) is 0 Å². The van der Waals surface area contributed by atoms with E-state index < -0.39 is 0 Å². The lowest BCUT2D eigenvalue weighted by atomic mass is 10.0. The van der Waals surface area contributed by atoms with Gasteiger partial charge in [0.1, 0.15) is 11.6 Å². The normalized spacial score (nSPS) is 18.1. The maximum absolute atomic E-state index is 5.80. The Morgan fingerprint density at radius 1 is 1.44 bits per heavy atom. The van der Waals surface area contributed by atoms with E-state index in [9.17, 15) is 0 Å². The molecule has 18 heavy (non-hydrogen) atoms. The van der Waals surface area contributed by atoms with Crippen LogP contribution in [0.2, 0.25) is 0 Å². The minimum absolute atomic E-state index is 0.156. The van der Waals surface area contributed by atoms with Crippen LogP contribution in [0.4, 0.5) is 17.6 Å². The number of nitrogens with zero attached hydrogens (tertiary/aromatic N) is 3. The molecule has 1 fully saturated rings. The van der Waals surface area contributed by atoms with Crippen molar-refractivity contribution in [3.63, 3.8) is 0 Å². The van der Waals surface area contributed by atoms with Gasteiger partial charge >= 0.3 is 0 Å². The van der Waals surface area contributed by atoms with E-state index in [0.29, 0.717) is 5.95 Å². The Morgan fingerprint density at radius 2 is 2.22 bits per heavy atom. The Bertz CT molecular complexity index is 416. The monoisotopic (exact) mass is 249 g/mol. The van der Waals surface area contributed by atoms with Crippen molar-refractivity contribution < 1.29 is 0 Å². The van der Waals surface area contributed by atoms with Crippen molar-refractivity contribution in [3.8, 4) is 0 Å². The van der Waals surface area contributed by atoms with Crippen molar-refractivity contribution in [1.82, 2.24) is 9.97 Å². The van der Waals surface area contributed by atoms with Gasteiger partial charge in [-0.2, -0.15) is 9.97 Å². The molecule has 0 bridgehead atoms. The largest absolute Gasteiger partial charge is 0.370 e. The predicted octanol–water partition coefficient (Wildman–Crippen LogP) is 2.26. The van der Waals surface area contributed by atoms with Gasteiger partial charge in [-0.1, -0.05) is 6.92 Å². The maximum Gasteiger partial charge on any atom is 0.223 e. The molecular weight excluding hydrogens is 226 g/mol. The lowest BCUT2D eigenvalue weighted by Gasteiger charge is -2.32. The number of aromatic nitrogens is 2. The first-order chi connectivity index (χ1) is 8.53. The third-order valence-electron chi connectivity index (χ3n) is 3.46. The molecule has 1 saturated heterocycles. The fourth-order valence-corrected chi connectivity index (χ4v) is 2.47.